The number of anilines is 6. The highest BCUT2D eigenvalue weighted by atomic mass is 19.1. The second kappa shape index (κ2) is 14.7. The van der Waals surface area contributed by atoms with E-state index in [2.05, 4.69) is 0 Å². The van der Waals surface area contributed by atoms with Gasteiger partial charge in [0.1, 0.15) is 33.7 Å². The van der Waals surface area contributed by atoms with Gasteiger partial charge in [-0.15, -0.1) is 0 Å². The molecule has 0 atom stereocenters. The Hall–Kier alpha value is -9.16. The first-order valence-electron chi connectivity index (χ1n) is 21.1. The number of oxazole rings is 4. The van der Waals surface area contributed by atoms with Crippen molar-refractivity contribution in [3.63, 3.8) is 0 Å². The van der Waals surface area contributed by atoms with Crippen molar-refractivity contribution in [1.82, 2.24) is 19.9 Å². The molecule has 10 nitrogen and oxygen atoms in total. The number of fused-ring (bicyclic) bond motifs is 7. The van der Waals surface area contributed by atoms with Crippen LogP contribution < -0.4 is 9.80 Å². The number of benzene rings is 9. The normalized spacial score (nSPS) is 11.8. The van der Waals surface area contributed by atoms with E-state index in [1.807, 2.05) is 133 Å². The Morgan fingerprint density at radius 2 is 0.621 bits per heavy atom. The monoisotopic (exact) mass is 864 g/mol. The zero-order chi connectivity index (χ0) is 43.9. The Balaban J connectivity index is 1.13. The van der Waals surface area contributed by atoms with Crippen LogP contribution in [0.4, 0.5) is 44.2 Å². The van der Waals surface area contributed by atoms with Crippen LogP contribution in [-0.2, 0) is 0 Å². The van der Waals surface area contributed by atoms with Gasteiger partial charge >= 0.3 is 24.1 Å². The fourth-order valence-electron chi connectivity index (χ4n) is 8.75. The molecule has 0 bridgehead atoms. The minimum absolute atomic E-state index is 0.242. The molecule has 314 valence electrons. The van der Waals surface area contributed by atoms with Crippen LogP contribution in [-0.4, -0.2) is 19.9 Å². The van der Waals surface area contributed by atoms with Crippen LogP contribution in [0.1, 0.15) is 0 Å². The van der Waals surface area contributed by atoms with Gasteiger partial charge in [0.15, 0.2) is 22.3 Å². The molecule has 0 N–H and O–H groups in total. The molecule has 12 heteroatoms. The lowest BCUT2D eigenvalue weighted by molar-refractivity contribution is 0.566. The Kier molecular flexibility index (Phi) is 8.34. The van der Waals surface area contributed by atoms with Gasteiger partial charge in [0.05, 0.1) is 11.4 Å². The first-order chi connectivity index (χ1) is 32.5. The van der Waals surface area contributed by atoms with Gasteiger partial charge in [-0.2, -0.15) is 19.9 Å². The van der Waals surface area contributed by atoms with Gasteiger partial charge in [-0.05, 0) is 141 Å². The smallest absolute Gasteiger partial charge is 0.311 e. The maximum atomic E-state index is 14.7. The maximum Gasteiger partial charge on any atom is 0.311 e. The van der Waals surface area contributed by atoms with E-state index in [-0.39, 0.29) is 35.7 Å². The Labute approximate surface area is 372 Å². The summed E-state index contributed by atoms with van der Waals surface area (Å²) in [4.78, 5) is 23.1. The van der Waals surface area contributed by atoms with Crippen LogP contribution in [0, 0.1) is 11.6 Å². The zero-order valence-corrected chi connectivity index (χ0v) is 34.4. The van der Waals surface area contributed by atoms with Crippen LogP contribution in [0.15, 0.2) is 200 Å². The van der Waals surface area contributed by atoms with Gasteiger partial charge < -0.3 is 17.7 Å². The van der Waals surface area contributed by atoms with Gasteiger partial charge in [-0.25, -0.2) is 18.6 Å². The zero-order valence-electron chi connectivity index (χ0n) is 34.4. The highest BCUT2D eigenvalue weighted by Gasteiger charge is 2.28. The van der Waals surface area contributed by atoms with Crippen LogP contribution in [0.5, 0.6) is 0 Å². The number of rotatable bonds is 8. The minimum atomic E-state index is -0.370. The molecule has 4 heterocycles. The molecule has 0 aliphatic carbocycles. The first kappa shape index (κ1) is 37.4. The van der Waals surface area contributed by atoms with Crippen molar-refractivity contribution in [2.45, 2.75) is 0 Å². The van der Waals surface area contributed by atoms with Crippen LogP contribution in [0.3, 0.4) is 0 Å². The molecule has 13 rings (SSSR count). The molecule has 0 aliphatic rings. The molecule has 13 aromatic rings. The number of para-hydroxylation sites is 8. The first-order valence-corrected chi connectivity index (χ1v) is 21.1. The third-order valence-electron chi connectivity index (χ3n) is 11.8. The maximum absolute atomic E-state index is 14.7. The fourth-order valence-corrected chi connectivity index (χ4v) is 8.75. The SMILES string of the molecule is Fc1ccc(-c2c(-c3ccc(F)cc3)c3ccc(N(c4nc5ccccc5o4)c4nc5ccccc5o4)cc3c3cc(N(c4nc5ccccc5o4)c4nc5ccccc5o4)ccc23)cc1. The molecule has 66 heavy (non-hydrogen) atoms. The molecule has 0 spiro atoms. The highest BCUT2D eigenvalue weighted by molar-refractivity contribution is 6.23. The summed E-state index contributed by atoms with van der Waals surface area (Å²) in [5, 5.41) is 3.23. The quantitative estimate of drug-likeness (QED) is 0.137. The molecular weight excluding hydrogens is 835 g/mol. The number of nitrogens with zero attached hydrogens (tertiary/aromatic N) is 6. The predicted molar refractivity (Wildman–Crippen MR) is 252 cm³/mol. The van der Waals surface area contributed by atoms with Gasteiger partial charge in [-0.1, -0.05) is 84.9 Å². The molecular formula is C54H30F2N6O4. The summed E-state index contributed by atoms with van der Waals surface area (Å²) in [7, 11) is 0. The molecule has 9 aromatic carbocycles. The number of hydrogen-bond donors (Lipinski definition) is 0. The third kappa shape index (κ3) is 6.14. The summed E-state index contributed by atoms with van der Waals surface area (Å²) >= 11 is 0. The van der Waals surface area contributed by atoms with Crippen LogP contribution in [0.2, 0.25) is 0 Å². The lowest BCUT2D eigenvalue weighted by atomic mass is 9.84. The summed E-state index contributed by atoms with van der Waals surface area (Å²) in [6, 6.07) is 55.9. The van der Waals surface area contributed by atoms with Gasteiger partial charge in [0.2, 0.25) is 0 Å². The van der Waals surface area contributed by atoms with Gasteiger partial charge in [-0.3, -0.25) is 0 Å². The Morgan fingerprint density at radius 1 is 0.318 bits per heavy atom. The van der Waals surface area contributed by atoms with Crippen molar-refractivity contribution in [1.29, 1.82) is 0 Å². The van der Waals surface area contributed by atoms with Crippen molar-refractivity contribution in [2.75, 3.05) is 9.80 Å². The van der Waals surface area contributed by atoms with Crippen molar-refractivity contribution in [3.05, 3.63) is 194 Å². The van der Waals surface area contributed by atoms with E-state index in [1.54, 1.807) is 34.1 Å². The van der Waals surface area contributed by atoms with Gasteiger partial charge in [0, 0.05) is 0 Å². The average molecular weight is 865 g/mol. The summed E-state index contributed by atoms with van der Waals surface area (Å²) in [5.74, 6) is -0.741. The molecule has 0 radical (unpaired) electrons. The van der Waals surface area contributed by atoms with Crippen molar-refractivity contribution in [2.24, 2.45) is 0 Å². The fraction of sp³-hybridized carbons (Fsp3) is 0. The van der Waals surface area contributed by atoms with Crippen LogP contribution in [0.25, 0.3) is 88.2 Å². The minimum Gasteiger partial charge on any atom is -0.423 e. The number of aromatic nitrogens is 4. The molecule has 4 aromatic heterocycles. The predicted octanol–water partition coefficient (Wildman–Crippen LogP) is 15.1. The molecule has 0 amide bonds. The highest BCUT2D eigenvalue weighted by Crippen LogP contribution is 2.49. The third-order valence-corrected chi connectivity index (χ3v) is 11.8. The lowest BCUT2D eigenvalue weighted by Gasteiger charge is -2.23. The Morgan fingerprint density at radius 3 is 0.924 bits per heavy atom. The number of hydrogen-bond acceptors (Lipinski definition) is 10. The van der Waals surface area contributed by atoms with Crippen LogP contribution >= 0.6 is 0 Å². The van der Waals surface area contributed by atoms with E-state index in [9.17, 15) is 8.78 Å². The Bertz CT molecular complexity index is 3470. The molecule has 0 saturated carbocycles. The molecule has 0 saturated heterocycles. The number of halogens is 2. The van der Waals surface area contributed by atoms with E-state index >= 15 is 0 Å². The molecule has 0 fully saturated rings. The topological polar surface area (TPSA) is 111 Å². The van der Waals surface area contributed by atoms with E-state index in [0.29, 0.717) is 55.8 Å². The summed E-state index contributed by atoms with van der Waals surface area (Å²) in [5.41, 5.74) is 9.38. The largest absolute Gasteiger partial charge is 0.423 e. The van der Waals surface area contributed by atoms with E-state index in [0.717, 1.165) is 43.8 Å². The van der Waals surface area contributed by atoms with Crippen molar-refractivity contribution >= 4 is 101 Å². The van der Waals surface area contributed by atoms with Crippen molar-refractivity contribution in [3.8, 4) is 22.3 Å². The van der Waals surface area contributed by atoms with Gasteiger partial charge in [0.25, 0.3) is 0 Å². The summed E-state index contributed by atoms with van der Waals surface area (Å²) in [6.07, 6.45) is 0. The van der Waals surface area contributed by atoms with E-state index in [1.165, 1.54) is 24.3 Å². The second-order valence-corrected chi connectivity index (χ2v) is 15.8. The van der Waals surface area contributed by atoms with Crippen molar-refractivity contribution < 1.29 is 26.4 Å². The summed E-state index contributed by atoms with van der Waals surface area (Å²) in [6.45, 7) is 0. The lowest BCUT2D eigenvalue weighted by Crippen LogP contribution is -2.11. The van der Waals surface area contributed by atoms with E-state index in [4.69, 9.17) is 37.6 Å². The standard InChI is InChI=1S/C54H30F2N6O4/c55-33-21-17-31(18-22-33)49-37-27-25-35(61(51-57-41-9-1-5-13-45(41)63-51)52-58-42-10-2-6-14-46(42)64-52)29-39(37)40-30-36(26-28-38(40)50(49)32-19-23-34(56)24-20-32)62(53-59-43-11-3-7-15-47(43)65-53)54-60-44-12-4-8-16-48(44)66-54/h1-30H. The molecule has 0 aliphatic heterocycles. The average Bonchev–Trinajstić information content (AvgIpc) is 4.17. The van der Waals surface area contributed by atoms with E-state index < -0.39 is 0 Å². The molecule has 0 unspecified atom stereocenters. The summed E-state index contributed by atoms with van der Waals surface area (Å²) < 4.78 is 55.1. The second-order valence-electron chi connectivity index (χ2n) is 15.8.